The second-order valence-corrected chi connectivity index (χ2v) is 8.10. The Hall–Kier alpha value is -2.24. The highest BCUT2D eigenvalue weighted by Gasteiger charge is 2.11. The van der Waals surface area contributed by atoms with Gasteiger partial charge in [-0.05, 0) is 82.6 Å². The molecule has 0 aliphatic carbocycles. The zero-order valence-electron chi connectivity index (χ0n) is 18.5. The van der Waals surface area contributed by atoms with Crippen LogP contribution in [-0.2, 0) is 6.42 Å². The Labute approximate surface area is 180 Å². The predicted octanol–water partition coefficient (Wildman–Crippen LogP) is 4.95. The lowest BCUT2D eigenvalue weighted by molar-refractivity contribution is 0.236. The van der Waals surface area contributed by atoms with E-state index in [0.717, 1.165) is 36.4 Å². The highest BCUT2D eigenvalue weighted by Crippen LogP contribution is 2.24. The lowest BCUT2D eigenvalue weighted by atomic mass is 10.0. The van der Waals surface area contributed by atoms with Crippen LogP contribution in [0.1, 0.15) is 48.6 Å². The molecule has 0 spiro atoms. The van der Waals surface area contributed by atoms with Crippen LogP contribution >= 0.6 is 12.2 Å². The van der Waals surface area contributed by atoms with Crippen LogP contribution in [0.3, 0.4) is 0 Å². The summed E-state index contributed by atoms with van der Waals surface area (Å²) in [4.78, 5) is 6.72. The van der Waals surface area contributed by atoms with Gasteiger partial charge in [-0.25, -0.2) is 0 Å². The van der Waals surface area contributed by atoms with Crippen LogP contribution in [0.2, 0.25) is 0 Å². The zero-order valence-corrected chi connectivity index (χ0v) is 19.3. The van der Waals surface area contributed by atoms with E-state index in [-0.39, 0.29) is 5.17 Å². The van der Waals surface area contributed by atoms with Crippen LogP contribution in [0.4, 0.5) is 0 Å². The van der Waals surface area contributed by atoms with Gasteiger partial charge in [0.2, 0.25) is 0 Å². The fraction of sp³-hybridized carbons (Fsp3) is 0.417. The maximum Gasteiger partial charge on any atom is 0.290 e. The first-order chi connectivity index (χ1) is 13.7. The molecule has 2 aromatic carbocycles. The van der Waals surface area contributed by atoms with Crippen LogP contribution in [0.5, 0.6) is 5.75 Å². The molecular formula is C24H33N3OS. The third-order valence-corrected chi connectivity index (χ3v) is 5.37. The Morgan fingerprint density at radius 3 is 2.34 bits per heavy atom. The molecule has 0 saturated heterocycles. The van der Waals surface area contributed by atoms with Crippen LogP contribution in [0, 0.1) is 20.8 Å². The minimum Gasteiger partial charge on any atom is -0.430 e. The van der Waals surface area contributed by atoms with Crippen molar-refractivity contribution in [2.24, 2.45) is 10.7 Å². The number of nitrogens with zero attached hydrogens (tertiary/aromatic N) is 2. The molecule has 0 aliphatic rings. The smallest absolute Gasteiger partial charge is 0.290 e. The first-order valence-corrected chi connectivity index (χ1v) is 10.6. The van der Waals surface area contributed by atoms with Gasteiger partial charge in [0.1, 0.15) is 11.6 Å². The molecule has 2 rings (SSSR count). The van der Waals surface area contributed by atoms with Gasteiger partial charge in [-0.2, -0.15) is 4.99 Å². The van der Waals surface area contributed by atoms with Crippen LogP contribution in [-0.4, -0.2) is 35.0 Å². The Bertz CT molecular complexity index is 872. The lowest BCUT2D eigenvalue weighted by Crippen LogP contribution is -2.32. The molecule has 0 amide bonds. The highest BCUT2D eigenvalue weighted by molar-refractivity contribution is 7.80. The summed E-state index contributed by atoms with van der Waals surface area (Å²) < 4.78 is 5.84. The Morgan fingerprint density at radius 1 is 1.10 bits per heavy atom. The zero-order chi connectivity index (χ0) is 21.6. The van der Waals surface area contributed by atoms with Gasteiger partial charge in [0, 0.05) is 18.2 Å². The predicted molar refractivity (Wildman–Crippen MR) is 127 cm³/mol. The minimum absolute atomic E-state index is 0.121. The van der Waals surface area contributed by atoms with Gasteiger partial charge >= 0.3 is 0 Å². The lowest BCUT2D eigenvalue weighted by Gasteiger charge is -2.25. The third kappa shape index (κ3) is 6.65. The van der Waals surface area contributed by atoms with Gasteiger partial charge in [-0.3, -0.25) is 0 Å². The second-order valence-electron chi connectivity index (χ2n) is 7.75. The molecular weight excluding hydrogens is 378 g/mol. The molecule has 0 bridgehead atoms. The average molecular weight is 412 g/mol. The average Bonchev–Trinajstić information content (AvgIpc) is 2.66. The number of hydrogen-bond donors (Lipinski definition) is 1. The number of hydrogen-bond acceptors (Lipinski definition) is 3. The van der Waals surface area contributed by atoms with E-state index >= 15 is 0 Å². The number of nitrogens with two attached hydrogens (primary N) is 1. The summed E-state index contributed by atoms with van der Waals surface area (Å²) in [6.07, 6.45) is 1.02. The molecule has 29 heavy (non-hydrogen) atoms. The van der Waals surface area contributed by atoms with E-state index in [9.17, 15) is 0 Å². The quantitative estimate of drug-likeness (QED) is 0.398. The molecule has 156 valence electrons. The molecule has 2 N–H and O–H groups in total. The van der Waals surface area contributed by atoms with Crippen molar-refractivity contribution in [3.63, 3.8) is 0 Å². The maximum atomic E-state index is 6.07. The van der Waals surface area contributed by atoms with Crippen molar-refractivity contribution in [1.29, 1.82) is 0 Å². The van der Waals surface area contributed by atoms with Crippen LogP contribution < -0.4 is 10.5 Å². The van der Waals surface area contributed by atoms with Crippen molar-refractivity contribution in [2.45, 2.75) is 54.0 Å². The summed E-state index contributed by atoms with van der Waals surface area (Å²) in [7, 11) is 0. The van der Waals surface area contributed by atoms with Crippen molar-refractivity contribution in [3.8, 4) is 5.75 Å². The molecule has 0 radical (unpaired) electrons. The topological polar surface area (TPSA) is 50.8 Å². The summed E-state index contributed by atoms with van der Waals surface area (Å²) in [5.41, 5.74) is 11.7. The molecule has 5 heteroatoms. The van der Waals surface area contributed by atoms with Crippen molar-refractivity contribution < 1.29 is 4.74 Å². The monoisotopic (exact) mass is 411 g/mol. The molecule has 0 aromatic heterocycles. The largest absolute Gasteiger partial charge is 0.430 e. The summed E-state index contributed by atoms with van der Waals surface area (Å²) in [6.45, 7) is 15.0. The standard InChI is InChI=1S/C24H33N3OS/c1-7-27(16(2)3)13-12-21-14-19(6)22(15-18(21)5)28-24(29)26-23(25)20-10-8-17(4)9-11-20/h8-11,14-16H,7,12-13H2,1-6H3,(H2,25,26,29). The van der Waals surface area contributed by atoms with Crippen LogP contribution in [0.15, 0.2) is 41.4 Å². The number of benzene rings is 2. The van der Waals surface area contributed by atoms with Crippen molar-refractivity contribution in [3.05, 3.63) is 64.2 Å². The van der Waals surface area contributed by atoms with Gasteiger partial charge in [0.15, 0.2) is 0 Å². The summed E-state index contributed by atoms with van der Waals surface area (Å²) in [6, 6.07) is 12.6. The van der Waals surface area contributed by atoms with Crippen molar-refractivity contribution >= 4 is 23.2 Å². The number of aryl methyl sites for hydroxylation is 3. The van der Waals surface area contributed by atoms with E-state index in [2.05, 4.69) is 43.7 Å². The number of likely N-dealkylation sites (N-methyl/N-ethyl adjacent to an activating group) is 1. The molecule has 2 aromatic rings. The Morgan fingerprint density at radius 2 is 1.76 bits per heavy atom. The SMILES string of the molecule is CCN(CCc1cc(C)c(OC(=S)N=C(N)c2ccc(C)cc2)cc1C)C(C)C. The Kier molecular flexibility index (Phi) is 8.35. The molecule has 0 unspecified atom stereocenters. The fourth-order valence-electron chi connectivity index (χ4n) is 3.28. The first kappa shape index (κ1) is 23.0. The van der Waals surface area contributed by atoms with E-state index in [1.165, 1.54) is 16.7 Å². The second kappa shape index (κ2) is 10.5. The molecule has 0 saturated carbocycles. The number of thiocarbonyl (C=S) groups is 1. The molecule has 4 nitrogen and oxygen atoms in total. The van der Waals surface area contributed by atoms with E-state index < -0.39 is 0 Å². The summed E-state index contributed by atoms with van der Waals surface area (Å²) in [5, 5.41) is 0.121. The van der Waals surface area contributed by atoms with Gasteiger partial charge in [-0.1, -0.05) is 42.8 Å². The summed E-state index contributed by atoms with van der Waals surface area (Å²) >= 11 is 5.31. The van der Waals surface area contributed by atoms with Gasteiger partial charge in [0.25, 0.3) is 5.17 Å². The molecule has 0 heterocycles. The highest BCUT2D eigenvalue weighted by atomic mass is 32.1. The molecule has 0 atom stereocenters. The first-order valence-electron chi connectivity index (χ1n) is 10.2. The minimum atomic E-state index is 0.121. The third-order valence-electron chi connectivity index (χ3n) is 5.19. The normalized spacial score (nSPS) is 11.9. The number of rotatable bonds is 7. The molecule has 0 aliphatic heterocycles. The van der Waals surface area contributed by atoms with E-state index in [4.69, 9.17) is 22.7 Å². The fourth-order valence-corrected chi connectivity index (χ4v) is 3.47. The van der Waals surface area contributed by atoms with Gasteiger partial charge in [0.05, 0.1) is 0 Å². The maximum absolute atomic E-state index is 6.07. The van der Waals surface area contributed by atoms with Crippen molar-refractivity contribution in [2.75, 3.05) is 13.1 Å². The van der Waals surface area contributed by atoms with E-state index in [0.29, 0.717) is 11.9 Å². The van der Waals surface area contributed by atoms with Crippen LogP contribution in [0.25, 0.3) is 0 Å². The number of amidine groups is 1. The van der Waals surface area contributed by atoms with Gasteiger partial charge in [-0.15, -0.1) is 0 Å². The van der Waals surface area contributed by atoms with E-state index in [1.54, 1.807) is 0 Å². The van der Waals surface area contributed by atoms with Gasteiger partial charge < -0.3 is 15.4 Å². The summed E-state index contributed by atoms with van der Waals surface area (Å²) in [5.74, 6) is 1.09. The Balaban J connectivity index is 2.09. The van der Waals surface area contributed by atoms with Crippen molar-refractivity contribution in [1.82, 2.24) is 4.90 Å². The number of ether oxygens (including phenoxy) is 1. The molecule has 0 fully saturated rings. The van der Waals surface area contributed by atoms with E-state index in [1.807, 2.05) is 44.2 Å². The number of aliphatic imine (C=N–C) groups is 1.